The summed E-state index contributed by atoms with van der Waals surface area (Å²) in [4.78, 5) is 15.7. The number of aryl methyl sites for hydroxylation is 1. The lowest BCUT2D eigenvalue weighted by Gasteiger charge is -2.04. The van der Waals surface area contributed by atoms with Crippen LogP contribution >= 0.6 is 0 Å². The van der Waals surface area contributed by atoms with Gasteiger partial charge in [0.15, 0.2) is 0 Å². The smallest absolute Gasteiger partial charge is 0.267 e. The Morgan fingerprint density at radius 1 is 1.33 bits per heavy atom. The largest absolute Gasteiger partial charge is 0.270 e. The van der Waals surface area contributed by atoms with Crippen LogP contribution in [0.4, 0.5) is 0 Å². The summed E-state index contributed by atoms with van der Waals surface area (Å²) in [6.07, 6.45) is 3.32. The molecule has 0 aliphatic rings. The molecule has 2 rings (SSSR count). The van der Waals surface area contributed by atoms with Gasteiger partial charge in [0.25, 0.3) is 5.91 Å². The monoisotopic (exact) mass is 201 g/mol. The van der Waals surface area contributed by atoms with Gasteiger partial charge in [0.1, 0.15) is 6.33 Å². The number of rotatable bonds is 2. The predicted molar refractivity (Wildman–Crippen MR) is 57.1 cm³/mol. The molecule has 76 valence electrons. The second-order valence-corrected chi connectivity index (χ2v) is 3.23. The van der Waals surface area contributed by atoms with Gasteiger partial charge < -0.3 is 0 Å². The maximum atomic E-state index is 11.7. The van der Waals surface area contributed by atoms with E-state index in [9.17, 15) is 4.79 Å². The number of nitrogens with zero attached hydrogens (tertiary/aromatic N) is 2. The third-order valence-electron chi connectivity index (χ3n) is 1.98. The molecule has 0 aliphatic heterocycles. The molecule has 1 N–H and O–H groups in total. The van der Waals surface area contributed by atoms with E-state index in [-0.39, 0.29) is 5.91 Å². The average molecular weight is 201 g/mol. The third-order valence-corrected chi connectivity index (χ3v) is 1.98. The summed E-state index contributed by atoms with van der Waals surface area (Å²) in [5.74, 6) is -0.145. The van der Waals surface area contributed by atoms with E-state index in [1.165, 1.54) is 0 Å². The van der Waals surface area contributed by atoms with E-state index in [1.54, 1.807) is 29.3 Å². The summed E-state index contributed by atoms with van der Waals surface area (Å²) in [5.41, 5.74) is 4.19. The summed E-state index contributed by atoms with van der Waals surface area (Å²) < 4.78 is 1.55. The molecule has 0 atom stereocenters. The molecule has 0 aliphatic carbocycles. The van der Waals surface area contributed by atoms with Crippen molar-refractivity contribution in [1.29, 1.82) is 0 Å². The average Bonchev–Trinajstić information content (AvgIpc) is 2.65. The minimum Gasteiger partial charge on any atom is -0.267 e. The van der Waals surface area contributed by atoms with Crippen LogP contribution in [-0.4, -0.2) is 15.6 Å². The topological polar surface area (TPSA) is 46.9 Å². The Kier molecular flexibility index (Phi) is 2.49. The van der Waals surface area contributed by atoms with Crippen LogP contribution in [0.5, 0.6) is 0 Å². The van der Waals surface area contributed by atoms with E-state index in [0.717, 1.165) is 5.69 Å². The van der Waals surface area contributed by atoms with E-state index in [2.05, 4.69) is 10.4 Å². The molecule has 4 nitrogen and oxygen atoms in total. The van der Waals surface area contributed by atoms with E-state index < -0.39 is 0 Å². The van der Waals surface area contributed by atoms with Gasteiger partial charge in [-0.15, -0.1) is 0 Å². The lowest BCUT2D eigenvalue weighted by molar-refractivity contribution is 0.101. The number of amides is 1. The number of hydrogen-bond donors (Lipinski definition) is 1. The standard InChI is InChI=1S/C11H11N3O/c1-9-7-14(8-12-9)13-11(15)10-5-3-2-4-6-10/h2-8H,1H3,(H,13,15). The Bertz CT molecular complexity index is 462. The van der Waals surface area contributed by atoms with E-state index in [1.807, 2.05) is 25.1 Å². The molecule has 0 fully saturated rings. The van der Waals surface area contributed by atoms with Gasteiger partial charge in [-0.2, -0.15) is 0 Å². The minimum atomic E-state index is -0.145. The summed E-state index contributed by atoms with van der Waals surface area (Å²) in [6.45, 7) is 1.87. The van der Waals surface area contributed by atoms with Gasteiger partial charge in [-0.05, 0) is 19.1 Å². The van der Waals surface area contributed by atoms with E-state index >= 15 is 0 Å². The molecule has 1 amide bonds. The van der Waals surface area contributed by atoms with Crippen LogP contribution < -0.4 is 5.43 Å². The van der Waals surface area contributed by atoms with Crippen molar-refractivity contribution in [3.63, 3.8) is 0 Å². The van der Waals surface area contributed by atoms with Crippen molar-refractivity contribution < 1.29 is 4.79 Å². The van der Waals surface area contributed by atoms with Gasteiger partial charge >= 0.3 is 0 Å². The molecule has 0 radical (unpaired) electrons. The van der Waals surface area contributed by atoms with Crippen molar-refractivity contribution in [3.8, 4) is 0 Å². The zero-order valence-electron chi connectivity index (χ0n) is 8.34. The number of carbonyl (C=O) groups excluding carboxylic acids is 1. The number of benzene rings is 1. The van der Waals surface area contributed by atoms with Crippen molar-refractivity contribution in [3.05, 3.63) is 54.1 Å². The summed E-state index contributed by atoms with van der Waals surface area (Å²) in [7, 11) is 0. The summed E-state index contributed by atoms with van der Waals surface area (Å²) in [6, 6.07) is 9.05. The lowest BCUT2D eigenvalue weighted by Crippen LogP contribution is -2.21. The molecule has 1 aromatic heterocycles. The van der Waals surface area contributed by atoms with Crippen LogP contribution in [0.25, 0.3) is 0 Å². The highest BCUT2D eigenvalue weighted by atomic mass is 16.2. The fourth-order valence-corrected chi connectivity index (χ4v) is 1.25. The number of hydrogen-bond acceptors (Lipinski definition) is 2. The Morgan fingerprint density at radius 3 is 2.67 bits per heavy atom. The highest BCUT2D eigenvalue weighted by Gasteiger charge is 2.04. The van der Waals surface area contributed by atoms with Gasteiger partial charge in [0, 0.05) is 11.8 Å². The third kappa shape index (κ3) is 2.22. The fourth-order valence-electron chi connectivity index (χ4n) is 1.25. The molecular weight excluding hydrogens is 190 g/mol. The zero-order valence-corrected chi connectivity index (χ0v) is 8.34. The number of nitrogens with one attached hydrogen (secondary N) is 1. The van der Waals surface area contributed by atoms with Crippen molar-refractivity contribution in [1.82, 2.24) is 9.66 Å². The van der Waals surface area contributed by atoms with Crippen LogP contribution in [0.2, 0.25) is 0 Å². The van der Waals surface area contributed by atoms with Gasteiger partial charge in [0.05, 0.1) is 5.69 Å². The Balaban J connectivity index is 2.11. The van der Waals surface area contributed by atoms with Gasteiger partial charge in [-0.3, -0.25) is 10.2 Å². The van der Waals surface area contributed by atoms with Crippen LogP contribution in [0.3, 0.4) is 0 Å². The molecule has 0 spiro atoms. The first-order chi connectivity index (χ1) is 7.25. The quantitative estimate of drug-likeness (QED) is 0.801. The van der Waals surface area contributed by atoms with Crippen LogP contribution in [0.15, 0.2) is 42.9 Å². The van der Waals surface area contributed by atoms with Crippen molar-refractivity contribution in [2.24, 2.45) is 0 Å². The van der Waals surface area contributed by atoms with Crippen LogP contribution in [-0.2, 0) is 0 Å². The van der Waals surface area contributed by atoms with Crippen molar-refractivity contribution >= 4 is 5.91 Å². The van der Waals surface area contributed by atoms with Crippen LogP contribution in [0, 0.1) is 6.92 Å². The first-order valence-electron chi connectivity index (χ1n) is 4.63. The maximum absolute atomic E-state index is 11.7. The molecule has 1 heterocycles. The first kappa shape index (κ1) is 9.45. The van der Waals surface area contributed by atoms with Gasteiger partial charge in [0.2, 0.25) is 0 Å². The first-order valence-corrected chi connectivity index (χ1v) is 4.63. The second-order valence-electron chi connectivity index (χ2n) is 3.23. The molecule has 1 aromatic carbocycles. The highest BCUT2D eigenvalue weighted by molar-refractivity contribution is 5.99. The van der Waals surface area contributed by atoms with E-state index in [0.29, 0.717) is 5.56 Å². The molecule has 0 unspecified atom stereocenters. The SMILES string of the molecule is Cc1cn(NC(=O)c2ccccc2)cn1. The summed E-state index contributed by atoms with van der Waals surface area (Å²) in [5, 5.41) is 0. The Morgan fingerprint density at radius 2 is 2.07 bits per heavy atom. The van der Waals surface area contributed by atoms with Gasteiger partial charge in [-0.1, -0.05) is 18.2 Å². The zero-order chi connectivity index (χ0) is 10.7. The summed E-state index contributed by atoms with van der Waals surface area (Å²) >= 11 is 0. The second kappa shape index (κ2) is 3.96. The lowest BCUT2D eigenvalue weighted by atomic mass is 10.2. The molecule has 15 heavy (non-hydrogen) atoms. The molecule has 4 heteroatoms. The van der Waals surface area contributed by atoms with Crippen molar-refractivity contribution in [2.75, 3.05) is 5.43 Å². The molecule has 0 saturated heterocycles. The number of imidazole rings is 1. The number of aromatic nitrogens is 2. The minimum absolute atomic E-state index is 0.145. The normalized spacial score (nSPS) is 9.93. The Labute approximate surface area is 87.5 Å². The molecule has 0 saturated carbocycles. The van der Waals surface area contributed by atoms with Crippen molar-refractivity contribution in [2.45, 2.75) is 6.92 Å². The fraction of sp³-hybridized carbons (Fsp3) is 0.0909. The van der Waals surface area contributed by atoms with Crippen LogP contribution in [0.1, 0.15) is 16.1 Å². The predicted octanol–water partition coefficient (Wildman–Crippen LogP) is 1.58. The molecular formula is C11H11N3O. The molecule has 2 aromatic rings. The Hall–Kier alpha value is -2.10. The van der Waals surface area contributed by atoms with Gasteiger partial charge in [-0.25, -0.2) is 9.66 Å². The molecule has 0 bridgehead atoms. The maximum Gasteiger partial charge on any atom is 0.270 e. The number of carbonyl (C=O) groups is 1. The highest BCUT2D eigenvalue weighted by Crippen LogP contribution is 1.99. The van der Waals surface area contributed by atoms with E-state index in [4.69, 9.17) is 0 Å².